The predicted molar refractivity (Wildman–Crippen MR) is 143 cm³/mol. The van der Waals surface area contributed by atoms with Crippen LogP contribution in [0.15, 0.2) is 79.2 Å². The van der Waals surface area contributed by atoms with Gasteiger partial charge < -0.3 is 10.2 Å². The Balaban J connectivity index is 1.40. The van der Waals surface area contributed by atoms with E-state index in [-0.39, 0.29) is 11.2 Å². The second-order valence-electron chi connectivity index (χ2n) is 8.94. The number of piperazine rings is 1. The summed E-state index contributed by atoms with van der Waals surface area (Å²) in [4.78, 5) is 20.6. The Kier molecular flexibility index (Phi) is 6.17. The Hall–Kier alpha value is -3.68. The molecule has 4 aromatic rings. The number of nitrogens with zero attached hydrogens (tertiary/aromatic N) is 5. The fourth-order valence-electron chi connectivity index (χ4n) is 4.71. The van der Waals surface area contributed by atoms with E-state index in [1.807, 2.05) is 36.8 Å². The highest BCUT2D eigenvalue weighted by Crippen LogP contribution is 2.36. The van der Waals surface area contributed by atoms with Crippen LogP contribution in [0.5, 0.6) is 0 Å². The van der Waals surface area contributed by atoms with Crippen LogP contribution >= 0.6 is 11.6 Å². The Morgan fingerprint density at radius 1 is 0.972 bits per heavy atom. The number of pyridine rings is 4. The second-order valence-corrected chi connectivity index (χ2v) is 9.50. The highest BCUT2D eigenvalue weighted by molar-refractivity contribution is 6.22. The van der Waals surface area contributed by atoms with Crippen LogP contribution in [-0.4, -0.2) is 51.5 Å². The van der Waals surface area contributed by atoms with Crippen LogP contribution < -0.4 is 10.2 Å². The van der Waals surface area contributed by atoms with Gasteiger partial charge in [-0.1, -0.05) is 6.08 Å². The number of halogens is 2. The lowest BCUT2D eigenvalue weighted by atomic mass is 9.95. The molecule has 0 bridgehead atoms. The Bertz CT molecular complexity index is 1480. The highest BCUT2D eigenvalue weighted by Gasteiger charge is 2.20. The van der Waals surface area contributed by atoms with Gasteiger partial charge in [-0.05, 0) is 54.5 Å². The molecule has 6 rings (SSSR count). The molecule has 1 fully saturated rings. The molecule has 0 spiro atoms. The van der Waals surface area contributed by atoms with Crippen LogP contribution in [-0.2, 0) is 0 Å². The van der Waals surface area contributed by atoms with E-state index in [1.165, 1.54) is 6.08 Å². The molecule has 2 aliphatic rings. The molecule has 180 valence electrons. The summed E-state index contributed by atoms with van der Waals surface area (Å²) in [5.41, 5.74) is 5.31. The van der Waals surface area contributed by atoms with E-state index < -0.39 is 0 Å². The molecule has 1 saturated heterocycles. The number of nitrogens with one attached hydrogen (secondary N) is 1. The molecule has 1 atom stereocenters. The number of hydrogen-bond donors (Lipinski definition) is 1. The standard InChI is InChI=1S/C28H24ClFN6/c29-21-4-5-25(30)24(13-21)26-14-23(22-2-1-7-33-28(22)35-26)20-12-19(15-32-16-20)18-3-6-27(34-17-18)36-10-8-31-9-11-36/h1-7,12,14-17,21,31H,8-11,13H2. The van der Waals surface area contributed by atoms with Crippen molar-refractivity contribution in [2.75, 3.05) is 31.1 Å². The summed E-state index contributed by atoms with van der Waals surface area (Å²) in [7, 11) is 0. The summed E-state index contributed by atoms with van der Waals surface area (Å²) in [5.74, 6) is 0.665. The molecule has 1 unspecified atom stereocenters. The molecular formula is C28H24ClFN6. The predicted octanol–water partition coefficient (Wildman–Crippen LogP) is 5.41. The van der Waals surface area contributed by atoms with E-state index >= 15 is 0 Å². The van der Waals surface area contributed by atoms with E-state index in [2.05, 4.69) is 43.4 Å². The molecule has 6 nitrogen and oxygen atoms in total. The number of alkyl halides is 1. The van der Waals surface area contributed by atoms with Gasteiger partial charge in [0, 0.05) is 78.6 Å². The van der Waals surface area contributed by atoms with Crippen molar-refractivity contribution in [1.29, 1.82) is 0 Å². The molecular weight excluding hydrogens is 475 g/mol. The zero-order valence-corrected chi connectivity index (χ0v) is 20.3. The van der Waals surface area contributed by atoms with Gasteiger partial charge in [-0.2, -0.15) is 0 Å². The van der Waals surface area contributed by atoms with Crippen molar-refractivity contribution < 1.29 is 4.39 Å². The smallest absolute Gasteiger partial charge is 0.160 e. The maximum atomic E-state index is 14.7. The topological polar surface area (TPSA) is 66.8 Å². The minimum absolute atomic E-state index is 0.272. The van der Waals surface area contributed by atoms with Gasteiger partial charge in [-0.15, -0.1) is 11.6 Å². The third-order valence-corrected chi connectivity index (χ3v) is 6.90. The molecule has 8 heteroatoms. The van der Waals surface area contributed by atoms with Crippen LogP contribution in [0.3, 0.4) is 0 Å². The lowest BCUT2D eigenvalue weighted by Crippen LogP contribution is -2.43. The van der Waals surface area contributed by atoms with Crippen molar-refractivity contribution >= 4 is 34.0 Å². The first-order valence-electron chi connectivity index (χ1n) is 12.0. The summed E-state index contributed by atoms with van der Waals surface area (Å²) in [6.07, 6.45) is 10.7. The normalized spacial score (nSPS) is 18.2. The number of anilines is 1. The van der Waals surface area contributed by atoms with Gasteiger partial charge in [0.05, 0.1) is 11.1 Å². The zero-order chi connectivity index (χ0) is 24.5. The first-order chi connectivity index (χ1) is 17.7. The van der Waals surface area contributed by atoms with Crippen molar-refractivity contribution in [1.82, 2.24) is 25.3 Å². The summed E-state index contributed by atoms with van der Waals surface area (Å²) < 4.78 is 14.7. The van der Waals surface area contributed by atoms with Crippen LogP contribution in [0, 0.1) is 0 Å². The highest BCUT2D eigenvalue weighted by atomic mass is 35.5. The maximum Gasteiger partial charge on any atom is 0.160 e. The Morgan fingerprint density at radius 3 is 2.67 bits per heavy atom. The van der Waals surface area contributed by atoms with E-state index in [0.29, 0.717) is 23.3 Å². The molecule has 5 heterocycles. The van der Waals surface area contributed by atoms with Crippen molar-refractivity contribution in [2.24, 2.45) is 0 Å². The fourth-order valence-corrected chi connectivity index (χ4v) is 4.94. The lowest BCUT2D eigenvalue weighted by Gasteiger charge is -2.28. The van der Waals surface area contributed by atoms with Gasteiger partial charge >= 0.3 is 0 Å². The van der Waals surface area contributed by atoms with E-state index in [0.717, 1.165) is 59.6 Å². The van der Waals surface area contributed by atoms with Gasteiger partial charge in [0.25, 0.3) is 0 Å². The third kappa shape index (κ3) is 4.47. The van der Waals surface area contributed by atoms with Crippen molar-refractivity contribution in [3.8, 4) is 22.3 Å². The first-order valence-corrected chi connectivity index (χ1v) is 12.4. The summed E-state index contributed by atoms with van der Waals surface area (Å²) in [6, 6.07) is 12.0. The summed E-state index contributed by atoms with van der Waals surface area (Å²) in [6.45, 7) is 3.84. The minimum atomic E-state index is -0.317. The van der Waals surface area contributed by atoms with Crippen LogP contribution in [0.1, 0.15) is 12.1 Å². The van der Waals surface area contributed by atoms with Gasteiger partial charge in [0.15, 0.2) is 5.65 Å². The molecule has 0 amide bonds. The van der Waals surface area contributed by atoms with Crippen molar-refractivity contribution in [3.05, 3.63) is 84.9 Å². The minimum Gasteiger partial charge on any atom is -0.354 e. The summed E-state index contributed by atoms with van der Waals surface area (Å²) in [5, 5.41) is 3.97. The van der Waals surface area contributed by atoms with Gasteiger partial charge in [-0.3, -0.25) is 4.98 Å². The van der Waals surface area contributed by atoms with Crippen LogP contribution in [0.2, 0.25) is 0 Å². The van der Waals surface area contributed by atoms with E-state index in [1.54, 1.807) is 12.3 Å². The van der Waals surface area contributed by atoms with Crippen molar-refractivity contribution in [3.63, 3.8) is 0 Å². The fraction of sp³-hybridized carbons (Fsp3) is 0.214. The number of aromatic nitrogens is 4. The largest absolute Gasteiger partial charge is 0.354 e. The quantitative estimate of drug-likeness (QED) is 0.379. The molecule has 0 aromatic carbocycles. The molecule has 1 N–H and O–H groups in total. The van der Waals surface area contributed by atoms with E-state index in [4.69, 9.17) is 16.6 Å². The molecule has 1 aliphatic heterocycles. The number of allylic oxidation sites excluding steroid dienone is 4. The van der Waals surface area contributed by atoms with Gasteiger partial charge in [0.2, 0.25) is 0 Å². The molecule has 4 aromatic heterocycles. The SMILES string of the molecule is FC1=C(c2cc(-c3cncc(-c4ccc(N5CCNCC5)nc4)c3)c3cccnc3n2)CC(Cl)C=C1. The van der Waals surface area contributed by atoms with Gasteiger partial charge in [-0.25, -0.2) is 19.3 Å². The monoisotopic (exact) mass is 498 g/mol. The zero-order valence-electron chi connectivity index (χ0n) is 19.5. The molecule has 1 aliphatic carbocycles. The average Bonchev–Trinajstić information content (AvgIpc) is 2.94. The third-order valence-electron chi connectivity index (χ3n) is 6.60. The average molecular weight is 499 g/mol. The maximum absolute atomic E-state index is 14.7. The van der Waals surface area contributed by atoms with Gasteiger partial charge in [0.1, 0.15) is 11.6 Å². The van der Waals surface area contributed by atoms with Crippen LogP contribution in [0.25, 0.3) is 38.9 Å². The molecule has 0 radical (unpaired) electrons. The first kappa shape index (κ1) is 22.8. The summed E-state index contributed by atoms with van der Waals surface area (Å²) >= 11 is 6.30. The number of hydrogen-bond acceptors (Lipinski definition) is 6. The number of rotatable bonds is 4. The number of fused-ring (bicyclic) bond motifs is 1. The second kappa shape index (κ2) is 9.76. The lowest BCUT2D eigenvalue weighted by molar-refractivity contribution is 0.585. The van der Waals surface area contributed by atoms with Crippen LogP contribution in [0.4, 0.5) is 10.2 Å². The Morgan fingerprint density at radius 2 is 1.83 bits per heavy atom. The van der Waals surface area contributed by atoms with E-state index in [9.17, 15) is 4.39 Å². The molecule has 0 saturated carbocycles. The Labute approximate surface area is 213 Å². The van der Waals surface area contributed by atoms with Crippen molar-refractivity contribution in [2.45, 2.75) is 11.8 Å². The molecule has 36 heavy (non-hydrogen) atoms.